The van der Waals surface area contributed by atoms with Crippen molar-refractivity contribution < 1.29 is 9.53 Å². The summed E-state index contributed by atoms with van der Waals surface area (Å²) < 4.78 is 5.53. The number of rotatable bonds is 6. The predicted octanol–water partition coefficient (Wildman–Crippen LogP) is 2.54. The third-order valence-corrected chi connectivity index (χ3v) is 3.63. The van der Waals surface area contributed by atoms with Crippen LogP contribution in [-0.4, -0.2) is 16.0 Å². The summed E-state index contributed by atoms with van der Waals surface area (Å²) in [6.45, 7) is 0.0905. The zero-order valence-corrected chi connectivity index (χ0v) is 13.8. The molecule has 3 rings (SSSR count). The number of ether oxygens (including phenoxy) is 1. The minimum Gasteiger partial charge on any atom is -0.487 e. The minimum atomic E-state index is -0.708. The number of ketones is 1. The van der Waals surface area contributed by atoms with Crippen molar-refractivity contribution in [2.45, 2.75) is 6.61 Å². The Labute approximate surface area is 148 Å². The summed E-state index contributed by atoms with van der Waals surface area (Å²) in [7, 11) is 0. The van der Waals surface area contributed by atoms with Crippen LogP contribution in [0.15, 0.2) is 76.3 Å². The van der Waals surface area contributed by atoms with Crippen LogP contribution in [0.4, 0.5) is 0 Å². The number of benzene rings is 2. The number of hydrogen-bond donors (Lipinski definition) is 2. The number of aromatic amines is 2. The molecule has 0 fully saturated rings. The van der Waals surface area contributed by atoms with E-state index < -0.39 is 11.0 Å². The zero-order valence-electron chi connectivity index (χ0n) is 13.8. The van der Waals surface area contributed by atoms with Crippen molar-refractivity contribution in [2.24, 2.45) is 0 Å². The van der Waals surface area contributed by atoms with Crippen molar-refractivity contribution in [3.63, 3.8) is 0 Å². The van der Waals surface area contributed by atoms with Crippen LogP contribution >= 0.6 is 0 Å². The Morgan fingerprint density at radius 1 is 0.962 bits per heavy atom. The Morgan fingerprint density at radius 2 is 1.69 bits per heavy atom. The maximum absolute atomic E-state index is 12.2. The Bertz CT molecular complexity index is 1030. The fourth-order valence-corrected chi connectivity index (χ4v) is 2.25. The number of allylic oxidation sites excluding steroid dienone is 1. The lowest BCUT2D eigenvalue weighted by atomic mass is 10.1. The summed E-state index contributed by atoms with van der Waals surface area (Å²) in [5.41, 5.74) is 0.604. The summed E-state index contributed by atoms with van der Waals surface area (Å²) in [6.07, 6.45) is 3.29. The van der Waals surface area contributed by atoms with Crippen LogP contribution in [0.5, 0.6) is 5.75 Å². The standard InChI is InChI=1S/C20H16N2O4/c23-18(11-6-14-4-2-1-3-5-14)15-7-9-17(10-8-15)26-13-16-12-19(24)20(25)22-21-16/h1-12H,13H2,(H,21,24)(H,22,25). The predicted molar refractivity (Wildman–Crippen MR) is 98.3 cm³/mol. The average molecular weight is 348 g/mol. The molecule has 1 aromatic heterocycles. The molecule has 0 amide bonds. The molecule has 6 nitrogen and oxygen atoms in total. The Morgan fingerprint density at radius 3 is 2.38 bits per heavy atom. The normalized spacial score (nSPS) is 10.8. The van der Waals surface area contributed by atoms with Gasteiger partial charge in [-0.05, 0) is 35.9 Å². The highest BCUT2D eigenvalue weighted by atomic mass is 16.5. The largest absolute Gasteiger partial charge is 0.487 e. The zero-order chi connectivity index (χ0) is 18.4. The van der Waals surface area contributed by atoms with E-state index in [1.165, 1.54) is 12.1 Å². The van der Waals surface area contributed by atoms with E-state index in [0.29, 0.717) is 17.0 Å². The second-order valence-electron chi connectivity index (χ2n) is 5.53. The topological polar surface area (TPSA) is 92.0 Å². The highest BCUT2D eigenvalue weighted by Gasteiger charge is 2.03. The lowest BCUT2D eigenvalue weighted by Gasteiger charge is -2.06. The van der Waals surface area contributed by atoms with Gasteiger partial charge in [0.25, 0.3) is 0 Å². The molecule has 2 N–H and O–H groups in total. The van der Waals surface area contributed by atoms with Crippen LogP contribution in [0, 0.1) is 0 Å². The molecule has 0 bridgehead atoms. The molecule has 1 heterocycles. The Hall–Kier alpha value is -3.67. The number of carbonyl (C=O) groups is 1. The number of aromatic nitrogens is 2. The molecule has 130 valence electrons. The first-order chi connectivity index (χ1) is 12.6. The Balaban J connectivity index is 1.61. The molecule has 0 aliphatic rings. The van der Waals surface area contributed by atoms with E-state index in [-0.39, 0.29) is 12.4 Å². The number of nitrogens with one attached hydrogen (secondary N) is 2. The van der Waals surface area contributed by atoms with Gasteiger partial charge >= 0.3 is 5.56 Å². The molecule has 0 spiro atoms. The summed E-state index contributed by atoms with van der Waals surface area (Å²) in [5.74, 6) is 0.436. The van der Waals surface area contributed by atoms with Crippen molar-refractivity contribution in [2.75, 3.05) is 0 Å². The fraction of sp³-hybridized carbons (Fsp3) is 0.0500. The molecule has 6 heteroatoms. The maximum atomic E-state index is 12.2. The van der Waals surface area contributed by atoms with Gasteiger partial charge in [-0.15, -0.1) is 0 Å². The molecular formula is C20H16N2O4. The lowest BCUT2D eigenvalue weighted by molar-refractivity contribution is 0.104. The second-order valence-corrected chi connectivity index (χ2v) is 5.53. The summed E-state index contributed by atoms with van der Waals surface area (Å²) in [4.78, 5) is 34.5. The van der Waals surface area contributed by atoms with E-state index in [1.54, 1.807) is 30.3 Å². The number of hydrogen-bond acceptors (Lipinski definition) is 4. The molecule has 2 aromatic carbocycles. The van der Waals surface area contributed by atoms with Crippen molar-refractivity contribution in [3.05, 3.63) is 104 Å². The van der Waals surface area contributed by atoms with Gasteiger partial charge in [-0.3, -0.25) is 24.6 Å². The van der Waals surface area contributed by atoms with Crippen LogP contribution < -0.4 is 15.7 Å². The molecule has 0 saturated carbocycles. The van der Waals surface area contributed by atoms with Gasteiger partial charge < -0.3 is 4.74 Å². The van der Waals surface area contributed by atoms with Gasteiger partial charge in [0.1, 0.15) is 12.4 Å². The molecule has 3 aromatic rings. The van der Waals surface area contributed by atoms with Crippen LogP contribution in [0.25, 0.3) is 6.08 Å². The van der Waals surface area contributed by atoms with Gasteiger partial charge in [-0.25, -0.2) is 0 Å². The second kappa shape index (κ2) is 7.94. The van der Waals surface area contributed by atoms with E-state index in [0.717, 1.165) is 5.56 Å². The van der Waals surface area contributed by atoms with Gasteiger partial charge in [0.2, 0.25) is 5.43 Å². The molecule has 0 aliphatic heterocycles. The molecular weight excluding hydrogens is 332 g/mol. The van der Waals surface area contributed by atoms with E-state index in [9.17, 15) is 14.4 Å². The molecule has 26 heavy (non-hydrogen) atoms. The SMILES string of the molecule is O=C(C=Cc1ccccc1)c1ccc(OCc2cc(=O)c(=O)[nH][nH]2)cc1. The first-order valence-corrected chi connectivity index (χ1v) is 7.93. The van der Waals surface area contributed by atoms with E-state index >= 15 is 0 Å². The van der Waals surface area contributed by atoms with E-state index in [1.807, 2.05) is 30.3 Å². The average Bonchev–Trinajstić information content (AvgIpc) is 2.68. The summed E-state index contributed by atoms with van der Waals surface area (Å²) in [6, 6.07) is 17.4. The van der Waals surface area contributed by atoms with Crippen molar-refractivity contribution in [1.29, 1.82) is 0 Å². The van der Waals surface area contributed by atoms with Crippen molar-refractivity contribution in [1.82, 2.24) is 10.2 Å². The third-order valence-electron chi connectivity index (χ3n) is 3.63. The molecule has 0 saturated heterocycles. The van der Waals surface area contributed by atoms with Crippen molar-refractivity contribution >= 4 is 11.9 Å². The molecule has 0 aliphatic carbocycles. The molecule has 0 unspecified atom stereocenters. The van der Waals surface area contributed by atoms with Gasteiger partial charge in [0, 0.05) is 11.6 Å². The number of carbonyl (C=O) groups excluding carboxylic acids is 1. The molecule has 0 atom stereocenters. The van der Waals surface area contributed by atoms with Gasteiger partial charge in [0.05, 0.1) is 5.69 Å². The third kappa shape index (κ3) is 4.45. The minimum absolute atomic E-state index is 0.0905. The molecule has 0 radical (unpaired) electrons. The van der Waals surface area contributed by atoms with Crippen molar-refractivity contribution in [3.8, 4) is 5.75 Å². The first kappa shape index (κ1) is 17.2. The van der Waals surface area contributed by atoms with Crippen LogP contribution in [0.2, 0.25) is 0 Å². The van der Waals surface area contributed by atoms with Crippen LogP contribution in [-0.2, 0) is 6.61 Å². The lowest BCUT2D eigenvalue weighted by Crippen LogP contribution is -2.28. The highest BCUT2D eigenvalue weighted by Crippen LogP contribution is 2.14. The van der Waals surface area contributed by atoms with Gasteiger partial charge in [0.15, 0.2) is 5.78 Å². The smallest absolute Gasteiger partial charge is 0.310 e. The fourth-order valence-electron chi connectivity index (χ4n) is 2.25. The summed E-state index contributed by atoms with van der Waals surface area (Å²) in [5, 5.41) is 4.81. The first-order valence-electron chi connectivity index (χ1n) is 7.93. The van der Waals surface area contributed by atoms with Crippen LogP contribution in [0.3, 0.4) is 0 Å². The van der Waals surface area contributed by atoms with E-state index in [2.05, 4.69) is 10.2 Å². The van der Waals surface area contributed by atoms with E-state index in [4.69, 9.17) is 4.74 Å². The highest BCUT2D eigenvalue weighted by molar-refractivity contribution is 6.06. The Kier molecular flexibility index (Phi) is 5.24. The number of H-pyrrole nitrogens is 2. The summed E-state index contributed by atoms with van der Waals surface area (Å²) >= 11 is 0. The van der Waals surface area contributed by atoms with Gasteiger partial charge in [-0.2, -0.15) is 0 Å². The van der Waals surface area contributed by atoms with Gasteiger partial charge in [-0.1, -0.05) is 36.4 Å². The quantitative estimate of drug-likeness (QED) is 0.407. The van der Waals surface area contributed by atoms with Crippen LogP contribution in [0.1, 0.15) is 21.6 Å². The monoisotopic (exact) mass is 348 g/mol. The maximum Gasteiger partial charge on any atom is 0.310 e.